The third-order valence-corrected chi connectivity index (χ3v) is 9.04. The average molecular weight is 737 g/mol. The molecule has 0 radical (unpaired) electrons. The van der Waals surface area contributed by atoms with Gasteiger partial charge in [0.15, 0.2) is 12.4 Å². The van der Waals surface area contributed by atoms with Crippen LogP contribution in [-0.2, 0) is 11.2 Å². The highest BCUT2D eigenvalue weighted by molar-refractivity contribution is 6.07. The first-order chi connectivity index (χ1) is 26.2. The number of anilines is 4. The van der Waals surface area contributed by atoms with Gasteiger partial charge in [0.1, 0.15) is 17.1 Å². The molecule has 0 saturated heterocycles. The summed E-state index contributed by atoms with van der Waals surface area (Å²) >= 11 is 0. The van der Waals surface area contributed by atoms with Gasteiger partial charge >= 0.3 is 5.69 Å². The largest absolute Gasteiger partial charge is 0.466 e. The zero-order chi connectivity index (χ0) is 38.0. The van der Waals surface area contributed by atoms with Gasteiger partial charge in [-0.1, -0.05) is 37.5 Å². The number of para-hydroxylation sites is 1. The highest BCUT2D eigenvalue weighted by Gasteiger charge is 2.22. The summed E-state index contributed by atoms with van der Waals surface area (Å²) in [6.07, 6.45) is 7.93. The van der Waals surface area contributed by atoms with Crippen molar-refractivity contribution in [3.63, 3.8) is 0 Å². The smallest absolute Gasteiger partial charge is 0.311 e. The van der Waals surface area contributed by atoms with Crippen molar-refractivity contribution in [1.29, 1.82) is 0 Å². The Balaban J connectivity index is 1.20. The summed E-state index contributed by atoms with van der Waals surface area (Å²) in [6, 6.07) is 16.5. The summed E-state index contributed by atoms with van der Waals surface area (Å²) in [5.74, 6) is -1.50. The predicted molar refractivity (Wildman–Crippen MR) is 201 cm³/mol. The van der Waals surface area contributed by atoms with E-state index in [0.29, 0.717) is 31.1 Å². The Morgan fingerprint density at radius 1 is 0.889 bits per heavy atom. The number of nitrogens with zero attached hydrogens (tertiary/aromatic N) is 4. The topological polar surface area (TPSA) is 238 Å². The van der Waals surface area contributed by atoms with Crippen molar-refractivity contribution in [2.75, 3.05) is 41.0 Å². The molecule has 1 aliphatic rings. The van der Waals surface area contributed by atoms with Gasteiger partial charge in [-0.25, -0.2) is 20.4 Å². The molecule has 6 rings (SSSR count). The number of nitro groups is 1. The monoisotopic (exact) mass is 736 g/mol. The number of hydrogen-bond acceptors (Lipinski definition) is 12. The van der Waals surface area contributed by atoms with Crippen LogP contribution in [0.2, 0.25) is 0 Å². The van der Waals surface area contributed by atoms with E-state index in [4.69, 9.17) is 9.94 Å². The molecule has 17 heteroatoms. The summed E-state index contributed by atoms with van der Waals surface area (Å²) in [7, 11) is 0. The van der Waals surface area contributed by atoms with Crippen molar-refractivity contribution in [1.82, 2.24) is 25.4 Å². The molecular weight excluding hydrogens is 696 g/mol. The molecule has 4 aromatic heterocycles. The molecule has 5 aromatic rings. The lowest BCUT2D eigenvalue weighted by Gasteiger charge is -2.23. The first-order valence-electron chi connectivity index (χ1n) is 17.5. The van der Waals surface area contributed by atoms with E-state index in [1.807, 2.05) is 30.5 Å². The van der Waals surface area contributed by atoms with E-state index < -0.39 is 29.3 Å². The third kappa shape index (κ3) is 9.23. The number of ether oxygens (including phenoxy) is 1. The van der Waals surface area contributed by atoms with Gasteiger partial charge in [-0.15, -0.1) is 0 Å². The van der Waals surface area contributed by atoms with Crippen molar-refractivity contribution in [3.05, 3.63) is 99.6 Å². The van der Waals surface area contributed by atoms with E-state index >= 15 is 0 Å². The van der Waals surface area contributed by atoms with Crippen LogP contribution in [0.3, 0.4) is 0 Å². The molecule has 1 fully saturated rings. The number of hydrogen-bond donors (Lipinski definition) is 7. The van der Waals surface area contributed by atoms with Crippen LogP contribution in [0.25, 0.3) is 10.9 Å². The van der Waals surface area contributed by atoms with Gasteiger partial charge in [-0.2, -0.15) is 0 Å². The Bertz CT molecular complexity index is 2170. The lowest BCUT2D eigenvalue weighted by molar-refractivity contribution is -0.384. The third-order valence-electron chi connectivity index (χ3n) is 9.04. The molecule has 1 aromatic carbocycles. The van der Waals surface area contributed by atoms with Gasteiger partial charge < -0.3 is 31.0 Å². The Morgan fingerprint density at radius 2 is 1.59 bits per heavy atom. The average Bonchev–Trinajstić information content (AvgIpc) is 3.60. The van der Waals surface area contributed by atoms with E-state index in [9.17, 15) is 24.5 Å². The van der Waals surface area contributed by atoms with Crippen molar-refractivity contribution >= 4 is 57.3 Å². The number of rotatable bonds is 15. The van der Waals surface area contributed by atoms with Gasteiger partial charge in [-0.05, 0) is 74.1 Å². The molecule has 17 nitrogen and oxygen atoms in total. The summed E-state index contributed by atoms with van der Waals surface area (Å²) < 4.78 is 5.40. The summed E-state index contributed by atoms with van der Waals surface area (Å²) in [5.41, 5.74) is 4.17. The van der Waals surface area contributed by atoms with Crippen molar-refractivity contribution < 1.29 is 29.3 Å². The van der Waals surface area contributed by atoms with Gasteiger partial charge in [0.25, 0.3) is 17.7 Å². The summed E-state index contributed by atoms with van der Waals surface area (Å²) in [6.45, 7) is 2.06. The van der Waals surface area contributed by atoms with Crippen molar-refractivity contribution in [2.45, 2.75) is 45.4 Å². The number of fused-ring (bicyclic) bond motifs is 1. The van der Waals surface area contributed by atoms with Crippen molar-refractivity contribution in [2.24, 2.45) is 5.92 Å². The second-order valence-corrected chi connectivity index (χ2v) is 12.9. The second kappa shape index (κ2) is 17.3. The number of pyridine rings is 3. The molecule has 280 valence electrons. The van der Waals surface area contributed by atoms with Crippen LogP contribution in [0.4, 0.5) is 28.7 Å². The maximum Gasteiger partial charge on any atom is 0.311 e. The predicted octanol–water partition coefficient (Wildman–Crippen LogP) is 5.61. The fraction of sp³-hybridized carbons (Fsp3) is 0.297. The Kier molecular flexibility index (Phi) is 11.9. The van der Waals surface area contributed by atoms with Gasteiger partial charge in [0.2, 0.25) is 11.7 Å². The highest BCUT2D eigenvalue weighted by Crippen LogP contribution is 2.29. The fourth-order valence-corrected chi connectivity index (χ4v) is 6.24. The lowest BCUT2D eigenvalue weighted by atomic mass is 9.89. The van der Waals surface area contributed by atoms with Crippen LogP contribution >= 0.6 is 0 Å². The minimum Gasteiger partial charge on any atom is -0.466 e. The first kappa shape index (κ1) is 37.1. The van der Waals surface area contributed by atoms with Crippen molar-refractivity contribution in [3.8, 4) is 5.88 Å². The van der Waals surface area contributed by atoms with E-state index in [-0.39, 0.29) is 46.0 Å². The van der Waals surface area contributed by atoms with E-state index in [0.717, 1.165) is 42.1 Å². The molecule has 7 N–H and O–H groups in total. The Labute approximate surface area is 309 Å². The number of hydroxylamine groups is 1. The number of amides is 3. The summed E-state index contributed by atoms with van der Waals surface area (Å²) in [5, 5.41) is 33.6. The molecule has 3 amide bonds. The van der Waals surface area contributed by atoms with Crippen LogP contribution in [0, 0.1) is 23.0 Å². The zero-order valence-corrected chi connectivity index (χ0v) is 29.5. The molecular formula is C37H40N10O7. The highest BCUT2D eigenvalue weighted by atomic mass is 16.6. The molecule has 0 unspecified atom stereocenters. The molecule has 0 atom stereocenters. The SMILES string of the molecule is Cc1ccc(NC(=O)c2ccc(NC(=O)c3ccc([N+](=O)[O-])c(NCCc4c[nH]c5ccccc45)n3)c(NCC3CCCCC3)n2)c(OCC(=O)NO)n1. The fourth-order valence-electron chi connectivity index (χ4n) is 6.24. The molecule has 54 heavy (non-hydrogen) atoms. The van der Waals surface area contributed by atoms with E-state index in [1.165, 1.54) is 36.2 Å². The number of carbonyl (C=O) groups is 3. The van der Waals surface area contributed by atoms with Gasteiger partial charge in [0.05, 0.1) is 10.6 Å². The molecule has 1 saturated carbocycles. The van der Waals surface area contributed by atoms with Crippen LogP contribution in [0.5, 0.6) is 5.88 Å². The normalized spacial score (nSPS) is 12.9. The van der Waals surface area contributed by atoms with Crippen LogP contribution < -0.4 is 31.5 Å². The van der Waals surface area contributed by atoms with Gasteiger partial charge in [0, 0.05) is 41.9 Å². The minimum atomic E-state index is -0.804. The molecule has 1 aliphatic carbocycles. The Hall–Kier alpha value is -6.62. The summed E-state index contributed by atoms with van der Waals surface area (Å²) in [4.78, 5) is 66.2. The maximum absolute atomic E-state index is 13.6. The quantitative estimate of drug-likeness (QED) is 0.0395. The Morgan fingerprint density at radius 3 is 2.35 bits per heavy atom. The van der Waals surface area contributed by atoms with E-state index in [1.54, 1.807) is 19.1 Å². The number of aromatic amines is 1. The molecule has 4 heterocycles. The number of H-pyrrole nitrogens is 1. The standard InChI is InChI=1S/C37H40N10O7/c1-22-11-12-30(37(41-22)54-21-32(48)46-51)45-36(50)28-14-13-27(33(42-28)40-19-23-7-3-2-4-8-23)44-35(49)29-15-16-31(47(52)53)34(43-29)38-18-17-24-20-39-26-10-6-5-9-25(24)26/h5-6,9-16,20,23,39,51H,2-4,7-8,17-19,21H2,1H3,(H,38,43)(H,40,42)(H,44,49)(H,45,50)(H,46,48). The zero-order valence-electron chi connectivity index (χ0n) is 29.5. The number of carbonyl (C=O) groups excluding carboxylic acids is 3. The molecule has 0 bridgehead atoms. The lowest BCUT2D eigenvalue weighted by Crippen LogP contribution is -2.26. The second-order valence-electron chi connectivity index (χ2n) is 12.9. The molecule has 0 aliphatic heterocycles. The number of nitrogens with one attached hydrogen (secondary N) is 6. The molecule has 0 spiro atoms. The minimum absolute atomic E-state index is 0.00826. The van der Waals surface area contributed by atoms with E-state index in [2.05, 4.69) is 41.2 Å². The number of benzene rings is 1. The van der Waals surface area contributed by atoms with Crippen LogP contribution in [0.15, 0.2) is 66.9 Å². The maximum atomic E-state index is 13.6. The number of aryl methyl sites for hydroxylation is 1. The number of aromatic nitrogens is 4. The van der Waals surface area contributed by atoms with Crippen LogP contribution in [0.1, 0.15) is 64.3 Å². The van der Waals surface area contributed by atoms with Crippen LogP contribution in [-0.4, -0.2) is 67.5 Å². The van der Waals surface area contributed by atoms with Gasteiger partial charge in [-0.3, -0.25) is 29.7 Å². The first-order valence-corrected chi connectivity index (χ1v) is 17.5.